The minimum Gasteiger partial charge on any atom is -0.478 e. The summed E-state index contributed by atoms with van der Waals surface area (Å²) < 4.78 is 20.1. The number of halogens is 1. The van der Waals surface area contributed by atoms with Gasteiger partial charge < -0.3 is 9.84 Å². The van der Waals surface area contributed by atoms with E-state index in [0.29, 0.717) is 23.3 Å². The van der Waals surface area contributed by atoms with Crippen LogP contribution in [-0.4, -0.2) is 17.7 Å². The van der Waals surface area contributed by atoms with Crippen molar-refractivity contribution in [2.75, 3.05) is 6.61 Å². The van der Waals surface area contributed by atoms with Crippen LogP contribution in [0.2, 0.25) is 0 Å². The highest BCUT2D eigenvalue weighted by atomic mass is 19.1. The number of hydrogen-bond acceptors (Lipinski definition) is 3. The lowest BCUT2D eigenvalue weighted by Gasteiger charge is -2.12. The first-order chi connectivity index (χ1) is 11.1. The predicted octanol–water partition coefficient (Wildman–Crippen LogP) is 3.99. The van der Waals surface area contributed by atoms with Crippen molar-refractivity contribution < 1.29 is 19.0 Å². The second kappa shape index (κ2) is 7.52. The molecule has 0 aliphatic rings. The van der Waals surface area contributed by atoms with Gasteiger partial charge in [-0.1, -0.05) is 25.1 Å². The van der Waals surface area contributed by atoms with Crippen LogP contribution < -0.4 is 0 Å². The van der Waals surface area contributed by atoms with Gasteiger partial charge in [0.15, 0.2) is 0 Å². The van der Waals surface area contributed by atoms with Crippen LogP contribution in [0.5, 0.6) is 0 Å². The highest BCUT2D eigenvalue weighted by Crippen LogP contribution is 2.30. The van der Waals surface area contributed by atoms with Crippen molar-refractivity contribution in [1.82, 2.24) is 0 Å². The van der Waals surface area contributed by atoms with Gasteiger partial charge in [0.2, 0.25) is 0 Å². The van der Waals surface area contributed by atoms with E-state index in [0.717, 1.165) is 6.42 Å². The molecule has 4 nitrogen and oxygen atoms in total. The Balaban J connectivity index is 2.50. The monoisotopic (exact) mass is 313 g/mol. The molecule has 0 spiro atoms. The van der Waals surface area contributed by atoms with E-state index in [1.54, 1.807) is 12.1 Å². The molecule has 2 aromatic rings. The van der Waals surface area contributed by atoms with Crippen molar-refractivity contribution in [2.24, 2.45) is 0 Å². The molecule has 0 aliphatic carbocycles. The number of benzene rings is 2. The predicted molar refractivity (Wildman–Crippen MR) is 83.5 cm³/mol. The van der Waals surface area contributed by atoms with E-state index < -0.39 is 11.8 Å². The summed E-state index contributed by atoms with van der Waals surface area (Å²) in [7, 11) is 0. The maximum Gasteiger partial charge on any atom is 0.336 e. The van der Waals surface area contributed by atoms with Gasteiger partial charge in [-0.2, -0.15) is 5.26 Å². The largest absolute Gasteiger partial charge is 0.478 e. The molecule has 0 saturated carbocycles. The molecular formula is C18H16FNO3. The summed E-state index contributed by atoms with van der Waals surface area (Å²) in [6, 6.07) is 10.9. The Kier molecular flexibility index (Phi) is 5.45. The molecule has 1 N–H and O–H groups in total. The minimum absolute atomic E-state index is 0.0135. The highest BCUT2D eigenvalue weighted by Gasteiger charge is 2.19. The van der Waals surface area contributed by atoms with E-state index in [2.05, 4.69) is 0 Å². The van der Waals surface area contributed by atoms with Crippen molar-refractivity contribution in [3.8, 4) is 17.2 Å². The summed E-state index contributed by atoms with van der Waals surface area (Å²) in [6.07, 6.45) is 0.817. The van der Waals surface area contributed by atoms with Crippen molar-refractivity contribution in [2.45, 2.75) is 20.0 Å². The zero-order valence-electron chi connectivity index (χ0n) is 12.7. The average Bonchev–Trinajstić information content (AvgIpc) is 2.56. The van der Waals surface area contributed by atoms with Gasteiger partial charge in [0.25, 0.3) is 0 Å². The summed E-state index contributed by atoms with van der Waals surface area (Å²) in [6.45, 7) is 2.54. The van der Waals surface area contributed by atoms with Gasteiger partial charge >= 0.3 is 5.97 Å². The Morgan fingerprint density at radius 3 is 2.52 bits per heavy atom. The molecule has 2 rings (SSSR count). The van der Waals surface area contributed by atoms with Crippen molar-refractivity contribution in [3.05, 3.63) is 58.9 Å². The van der Waals surface area contributed by atoms with Gasteiger partial charge in [-0.15, -0.1) is 0 Å². The SMILES string of the molecule is CCCOCc1ccc(C(=O)O)c(-c2ccc(C#N)cc2)c1F. The van der Waals surface area contributed by atoms with Crippen LogP contribution in [0, 0.1) is 17.1 Å². The van der Waals surface area contributed by atoms with E-state index in [1.165, 1.54) is 24.3 Å². The fraction of sp³-hybridized carbons (Fsp3) is 0.222. The molecular weight excluding hydrogens is 297 g/mol. The van der Waals surface area contributed by atoms with Crippen LogP contribution in [0.15, 0.2) is 36.4 Å². The van der Waals surface area contributed by atoms with E-state index in [-0.39, 0.29) is 17.7 Å². The number of hydrogen-bond donors (Lipinski definition) is 1. The molecule has 0 amide bonds. The zero-order valence-corrected chi connectivity index (χ0v) is 12.7. The summed E-state index contributed by atoms with van der Waals surface area (Å²) >= 11 is 0. The molecule has 0 bridgehead atoms. The summed E-state index contributed by atoms with van der Waals surface area (Å²) in [4.78, 5) is 11.4. The smallest absolute Gasteiger partial charge is 0.336 e. The van der Waals surface area contributed by atoms with Crippen molar-refractivity contribution in [3.63, 3.8) is 0 Å². The van der Waals surface area contributed by atoms with Crippen LogP contribution in [0.1, 0.15) is 34.8 Å². The van der Waals surface area contributed by atoms with Crippen LogP contribution in [0.25, 0.3) is 11.1 Å². The van der Waals surface area contributed by atoms with Gasteiger partial charge in [-0.3, -0.25) is 0 Å². The summed E-state index contributed by atoms with van der Waals surface area (Å²) in [5.41, 5.74) is 1.04. The van der Waals surface area contributed by atoms with Gasteiger partial charge in [0.05, 0.1) is 23.8 Å². The third-order valence-corrected chi connectivity index (χ3v) is 3.36. The number of aromatic carboxylic acids is 1. The van der Waals surface area contributed by atoms with Gasteiger partial charge in [-0.05, 0) is 30.2 Å². The molecule has 0 aliphatic heterocycles. The third kappa shape index (κ3) is 3.74. The number of nitrogens with zero attached hydrogens (tertiary/aromatic N) is 1. The first kappa shape index (κ1) is 16.7. The van der Waals surface area contributed by atoms with Crippen LogP contribution in [0.3, 0.4) is 0 Å². The van der Waals surface area contributed by atoms with Gasteiger partial charge in [-0.25, -0.2) is 9.18 Å². The first-order valence-corrected chi connectivity index (χ1v) is 7.21. The fourth-order valence-corrected chi connectivity index (χ4v) is 2.23. The van der Waals surface area contributed by atoms with Crippen molar-refractivity contribution >= 4 is 5.97 Å². The molecule has 23 heavy (non-hydrogen) atoms. The fourth-order valence-electron chi connectivity index (χ4n) is 2.23. The van der Waals surface area contributed by atoms with Crippen LogP contribution in [0.4, 0.5) is 4.39 Å². The maximum atomic E-state index is 14.8. The third-order valence-electron chi connectivity index (χ3n) is 3.36. The first-order valence-electron chi connectivity index (χ1n) is 7.21. The summed E-state index contributed by atoms with van der Waals surface area (Å²) in [5.74, 6) is -1.81. The van der Waals surface area contributed by atoms with E-state index >= 15 is 0 Å². The van der Waals surface area contributed by atoms with E-state index in [4.69, 9.17) is 10.00 Å². The molecule has 0 unspecified atom stereocenters. The number of nitriles is 1. The molecule has 0 radical (unpaired) electrons. The van der Waals surface area contributed by atoms with E-state index in [1.807, 2.05) is 13.0 Å². The highest BCUT2D eigenvalue weighted by molar-refractivity contribution is 5.96. The Labute approximate surface area is 133 Å². The summed E-state index contributed by atoms with van der Waals surface area (Å²) in [5, 5.41) is 18.1. The standard InChI is InChI=1S/C18H16FNO3/c1-2-9-23-11-14-7-8-15(18(21)22)16(17(14)19)13-5-3-12(10-20)4-6-13/h3-8H,2,9,11H2,1H3,(H,21,22). The normalized spacial score (nSPS) is 10.3. The molecule has 0 saturated heterocycles. The number of carboxylic acid groups (broad SMARTS) is 1. The minimum atomic E-state index is -1.20. The molecule has 5 heteroatoms. The molecule has 0 aromatic heterocycles. The zero-order chi connectivity index (χ0) is 16.8. The number of rotatable bonds is 6. The lowest BCUT2D eigenvalue weighted by Crippen LogP contribution is -2.06. The lowest BCUT2D eigenvalue weighted by molar-refractivity contribution is 0.0697. The molecule has 0 heterocycles. The number of ether oxygens (including phenoxy) is 1. The average molecular weight is 313 g/mol. The van der Waals surface area contributed by atoms with Gasteiger partial charge in [0.1, 0.15) is 5.82 Å². The van der Waals surface area contributed by atoms with Gasteiger partial charge in [0, 0.05) is 17.7 Å². The van der Waals surface area contributed by atoms with Crippen LogP contribution >= 0.6 is 0 Å². The topological polar surface area (TPSA) is 70.3 Å². The number of carbonyl (C=O) groups is 1. The molecule has 118 valence electrons. The molecule has 0 atom stereocenters. The lowest BCUT2D eigenvalue weighted by atomic mass is 9.95. The Morgan fingerprint density at radius 2 is 1.96 bits per heavy atom. The van der Waals surface area contributed by atoms with E-state index in [9.17, 15) is 14.3 Å². The molecule has 2 aromatic carbocycles. The van der Waals surface area contributed by atoms with Crippen molar-refractivity contribution in [1.29, 1.82) is 5.26 Å². The Hall–Kier alpha value is -2.71. The van der Waals surface area contributed by atoms with Crippen LogP contribution in [-0.2, 0) is 11.3 Å². The number of carboxylic acids is 1. The Bertz CT molecular complexity index is 748. The second-order valence-electron chi connectivity index (χ2n) is 5.01. The second-order valence-corrected chi connectivity index (χ2v) is 5.01. The maximum absolute atomic E-state index is 14.8. The quantitative estimate of drug-likeness (QED) is 0.819. The molecule has 0 fully saturated rings. The Morgan fingerprint density at radius 1 is 1.26 bits per heavy atom.